The largest absolute Gasteiger partial charge is 0.460 e. The van der Waals surface area contributed by atoms with E-state index in [-0.39, 0.29) is 30.3 Å². The first-order valence-corrected chi connectivity index (χ1v) is 6.09. The lowest BCUT2D eigenvalue weighted by Gasteiger charge is -2.19. The SMILES string of the molecule is CCNC(C(=O)OCc1ccccc1)C(C)C.Cl. The van der Waals surface area contributed by atoms with Gasteiger partial charge in [0.2, 0.25) is 0 Å². The van der Waals surface area contributed by atoms with Gasteiger partial charge in [0, 0.05) is 0 Å². The number of nitrogens with one attached hydrogen (secondary N) is 1. The fourth-order valence-electron chi connectivity index (χ4n) is 1.63. The number of halogens is 1. The molecular weight excluding hydrogens is 250 g/mol. The first kappa shape index (κ1) is 16.9. The van der Waals surface area contributed by atoms with Gasteiger partial charge in [-0.2, -0.15) is 0 Å². The molecule has 1 rings (SSSR count). The lowest BCUT2D eigenvalue weighted by molar-refractivity contribution is -0.148. The smallest absolute Gasteiger partial charge is 0.323 e. The highest BCUT2D eigenvalue weighted by Gasteiger charge is 2.22. The van der Waals surface area contributed by atoms with E-state index >= 15 is 0 Å². The van der Waals surface area contributed by atoms with Gasteiger partial charge >= 0.3 is 5.97 Å². The van der Waals surface area contributed by atoms with E-state index in [9.17, 15) is 4.79 Å². The lowest BCUT2D eigenvalue weighted by atomic mass is 10.0. The van der Waals surface area contributed by atoms with E-state index in [2.05, 4.69) is 5.32 Å². The van der Waals surface area contributed by atoms with Crippen molar-refractivity contribution in [1.29, 1.82) is 0 Å². The van der Waals surface area contributed by atoms with Crippen LogP contribution in [0, 0.1) is 5.92 Å². The van der Waals surface area contributed by atoms with Gasteiger partial charge in [-0.25, -0.2) is 0 Å². The third-order valence-electron chi connectivity index (χ3n) is 2.57. The van der Waals surface area contributed by atoms with Crippen molar-refractivity contribution >= 4 is 18.4 Å². The minimum Gasteiger partial charge on any atom is -0.460 e. The van der Waals surface area contributed by atoms with Crippen molar-refractivity contribution in [3.63, 3.8) is 0 Å². The molecule has 18 heavy (non-hydrogen) atoms. The minimum absolute atomic E-state index is 0. The summed E-state index contributed by atoms with van der Waals surface area (Å²) in [7, 11) is 0. The maximum Gasteiger partial charge on any atom is 0.323 e. The first-order chi connectivity index (χ1) is 8.15. The lowest BCUT2D eigenvalue weighted by Crippen LogP contribution is -2.41. The van der Waals surface area contributed by atoms with Crippen molar-refractivity contribution in [3.8, 4) is 0 Å². The Morgan fingerprint density at radius 3 is 2.39 bits per heavy atom. The van der Waals surface area contributed by atoms with Gasteiger partial charge in [0.25, 0.3) is 0 Å². The number of hydrogen-bond acceptors (Lipinski definition) is 3. The van der Waals surface area contributed by atoms with Crippen LogP contribution in [0.2, 0.25) is 0 Å². The third kappa shape index (κ3) is 5.52. The van der Waals surface area contributed by atoms with Gasteiger partial charge in [-0.15, -0.1) is 12.4 Å². The van der Waals surface area contributed by atoms with Crippen LogP contribution in [0.5, 0.6) is 0 Å². The van der Waals surface area contributed by atoms with Gasteiger partial charge in [0.1, 0.15) is 12.6 Å². The van der Waals surface area contributed by atoms with Crippen LogP contribution in [0.25, 0.3) is 0 Å². The van der Waals surface area contributed by atoms with Crippen LogP contribution in [0.3, 0.4) is 0 Å². The molecule has 1 unspecified atom stereocenters. The van der Waals surface area contributed by atoms with Gasteiger partial charge in [-0.05, 0) is 18.0 Å². The van der Waals surface area contributed by atoms with Crippen LogP contribution in [-0.2, 0) is 16.1 Å². The molecule has 0 radical (unpaired) electrons. The predicted molar refractivity (Wildman–Crippen MR) is 75.8 cm³/mol. The molecule has 0 saturated heterocycles. The maximum absolute atomic E-state index is 11.9. The molecule has 0 heterocycles. The third-order valence-corrected chi connectivity index (χ3v) is 2.57. The van der Waals surface area contributed by atoms with Gasteiger partial charge in [-0.3, -0.25) is 4.79 Å². The zero-order chi connectivity index (χ0) is 12.7. The molecule has 1 aromatic rings. The number of benzene rings is 1. The molecule has 0 aliphatic heterocycles. The van der Waals surface area contributed by atoms with E-state index in [0.717, 1.165) is 12.1 Å². The van der Waals surface area contributed by atoms with Gasteiger partial charge < -0.3 is 10.1 Å². The Morgan fingerprint density at radius 2 is 1.89 bits per heavy atom. The van der Waals surface area contributed by atoms with E-state index in [4.69, 9.17) is 4.74 Å². The van der Waals surface area contributed by atoms with Gasteiger partial charge in [0.15, 0.2) is 0 Å². The number of hydrogen-bond donors (Lipinski definition) is 1. The molecule has 0 saturated carbocycles. The monoisotopic (exact) mass is 271 g/mol. The van der Waals surface area contributed by atoms with Crippen molar-refractivity contribution in [1.82, 2.24) is 5.32 Å². The molecule has 0 aromatic heterocycles. The summed E-state index contributed by atoms with van der Waals surface area (Å²) in [6.07, 6.45) is 0. The molecule has 1 N–H and O–H groups in total. The molecule has 102 valence electrons. The number of carbonyl (C=O) groups is 1. The summed E-state index contributed by atoms with van der Waals surface area (Å²) in [6, 6.07) is 9.50. The Labute approximate surface area is 115 Å². The number of rotatable bonds is 6. The van der Waals surface area contributed by atoms with Crippen molar-refractivity contribution in [3.05, 3.63) is 35.9 Å². The summed E-state index contributed by atoms with van der Waals surface area (Å²) in [4.78, 5) is 11.9. The second-order valence-electron chi connectivity index (χ2n) is 4.37. The second-order valence-corrected chi connectivity index (χ2v) is 4.37. The Balaban J connectivity index is 0.00000289. The minimum atomic E-state index is -0.219. The zero-order valence-corrected chi connectivity index (χ0v) is 12.0. The average molecular weight is 272 g/mol. The second kappa shape index (κ2) is 8.95. The summed E-state index contributed by atoms with van der Waals surface area (Å²) in [5, 5.41) is 3.14. The fourth-order valence-corrected chi connectivity index (χ4v) is 1.63. The van der Waals surface area contributed by atoms with Crippen LogP contribution in [0.1, 0.15) is 26.3 Å². The van der Waals surface area contributed by atoms with E-state index in [1.54, 1.807) is 0 Å². The molecule has 1 atom stereocenters. The van der Waals surface area contributed by atoms with Crippen LogP contribution >= 0.6 is 12.4 Å². The van der Waals surface area contributed by atoms with Crippen LogP contribution < -0.4 is 5.32 Å². The van der Waals surface area contributed by atoms with Crippen molar-refractivity contribution in [2.24, 2.45) is 5.92 Å². The topological polar surface area (TPSA) is 38.3 Å². The Hall–Kier alpha value is -1.06. The molecule has 4 heteroatoms. The molecule has 0 fully saturated rings. The molecule has 0 aliphatic carbocycles. The van der Waals surface area contributed by atoms with E-state index in [0.29, 0.717) is 6.61 Å². The molecule has 3 nitrogen and oxygen atoms in total. The van der Waals surface area contributed by atoms with Crippen molar-refractivity contribution in [2.45, 2.75) is 33.4 Å². The van der Waals surface area contributed by atoms with Crippen LogP contribution in [0.15, 0.2) is 30.3 Å². The predicted octanol–water partition coefficient (Wildman–Crippen LogP) is 2.79. The van der Waals surface area contributed by atoms with Crippen molar-refractivity contribution in [2.75, 3.05) is 6.54 Å². The normalized spacial score (nSPS) is 11.8. The van der Waals surface area contributed by atoms with E-state index < -0.39 is 0 Å². The highest BCUT2D eigenvalue weighted by molar-refractivity contribution is 5.85. The standard InChI is InChI=1S/C14H21NO2.ClH/c1-4-15-13(11(2)3)14(16)17-10-12-8-6-5-7-9-12;/h5-9,11,13,15H,4,10H2,1-3H3;1H. The molecule has 0 spiro atoms. The molecular formula is C14H22ClNO2. The number of ether oxygens (including phenoxy) is 1. The number of carbonyl (C=O) groups excluding carboxylic acids is 1. The summed E-state index contributed by atoms with van der Waals surface area (Å²) in [5.41, 5.74) is 1.01. The van der Waals surface area contributed by atoms with E-state index in [1.807, 2.05) is 51.1 Å². The van der Waals surface area contributed by atoms with Gasteiger partial charge in [-0.1, -0.05) is 51.1 Å². The summed E-state index contributed by atoms with van der Waals surface area (Å²) >= 11 is 0. The quantitative estimate of drug-likeness (QED) is 0.809. The Morgan fingerprint density at radius 1 is 1.28 bits per heavy atom. The summed E-state index contributed by atoms with van der Waals surface area (Å²) in [5.74, 6) is 0.0592. The molecule has 0 amide bonds. The van der Waals surface area contributed by atoms with E-state index in [1.165, 1.54) is 0 Å². The maximum atomic E-state index is 11.9. The fraction of sp³-hybridized carbons (Fsp3) is 0.500. The van der Waals surface area contributed by atoms with Crippen LogP contribution in [0.4, 0.5) is 0 Å². The number of likely N-dealkylation sites (N-methyl/N-ethyl adjacent to an activating group) is 1. The Kier molecular flexibility index (Phi) is 8.42. The summed E-state index contributed by atoms with van der Waals surface area (Å²) < 4.78 is 5.30. The van der Waals surface area contributed by atoms with Gasteiger partial charge in [0.05, 0.1) is 0 Å². The molecule has 0 bridgehead atoms. The highest BCUT2D eigenvalue weighted by atomic mass is 35.5. The Bertz CT molecular complexity index is 341. The van der Waals surface area contributed by atoms with Crippen molar-refractivity contribution < 1.29 is 9.53 Å². The first-order valence-electron chi connectivity index (χ1n) is 6.09. The number of esters is 1. The van der Waals surface area contributed by atoms with Crippen LogP contribution in [-0.4, -0.2) is 18.6 Å². The summed E-state index contributed by atoms with van der Waals surface area (Å²) in [6.45, 7) is 7.12. The molecule has 0 aliphatic rings. The molecule has 1 aromatic carbocycles. The average Bonchev–Trinajstić information content (AvgIpc) is 2.34. The highest BCUT2D eigenvalue weighted by Crippen LogP contribution is 2.07. The zero-order valence-electron chi connectivity index (χ0n) is 11.2.